The Morgan fingerprint density at radius 3 is 2.88 bits per heavy atom. The van der Waals surface area contributed by atoms with Crippen LogP contribution in [0.2, 0.25) is 0 Å². The lowest BCUT2D eigenvalue weighted by Gasteiger charge is -2.06. The second-order valence-corrected chi connectivity index (χ2v) is 4.32. The van der Waals surface area contributed by atoms with Crippen molar-refractivity contribution in [1.29, 1.82) is 0 Å². The minimum absolute atomic E-state index is 0.477. The molecule has 0 radical (unpaired) electrons. The van der Waals surface area contributed by atoms with E-state index in [1.807, 2.05) is 24.5 Å². The Morgan fingerprint density at radius 2 is 2.18 bits per heavy atom. The van der Waals surface area contributed by atoms with Gasteiger partial charge in [-0.3, -0.25) is 0 Å². The number of pyridine rings is 2. The number of nitrogens with one attached hydrogen (secondary N) is 1. The number of rotatable bonds is 4. The van der Waals surface area contributed by atoms with Crippen molar-refractivity contribution in [3.8, 4) is 0 Å². The lowest BCUT2D eigenvalue weighted by Crippen LogP contribution is -1.98. The second kappa shape index (κ2) is 5.63. The Hall–Kier alpha value is -1.62. The Kier molecular flexibility index (Phi) is 3.93. The van der Waals surface area contributed by atoms with Gasteiger partial charge in [0.2, 0.25) is 5.95 Å². The normalized spacial score (nSPS) is 10.2. The molecule has 0 saturated heterocycles. The molecular weight excluding hydrogens is 237 g/mol. The molecule has 2 aromatic heterocycles. The highest BCUT2D eigenvalue weighted by Gasteiger charge is 2.03. The first-order valence-corrected chi connectivity index (χ1v) is 6.51. The van der Waals surface area contributed by atoms with Crippen LogP contribution in [0, 0.1) is 5.95 Å². The average Bonchev–Trinajstić information content (AvgIpc) is 2.30. The van der Waals surface area contributed by atoms with Crippen molar-refractivity contribution in [3.05, 3.63) is 48.0 Å². The van der Waals surface area contributed by atoms with Crippen molar-refractivity contribution >= 4 is 23.4 Å². The number of nitrogens with zero attached hydrogens (tertiary/aromatic N) is 2. The van der Waals surface area contributed by atoms with Crippen LogP contribution in [0.15, 0.2) is 36.5 Å². The van der Waals surface area contributed by atoms with Crippen LogP contribution in [-0.2, 0) is 5.75 Å². The van der Waals surface area contributed by atoms with Crippen LogP contribution < -0.4 is 5.32 Å². The quantitative estimate of drug-likeness (QED) is 0.844. The van der Waals surface area contributed by atoms with Crippen molar-refractivity contribution in [2.75, 3.05) is 11.6 Å². The number of thioether (sulfide) groups is 1. The summed E-state index contributed by atoms with van der Waals surface area (Å²) in [6.45, 7) is 0. The fraction of sp³-hybridized carbons (Fsp3) is 0.167. The van der Waals surface area contributed by atoms with Gasteiger partial charge in [-0.25, -0.2) is 9.97 Å². The van der Waals surface area contributed by atoms with Gasteiger partial charge in [-0.15, -0.1) is 0 Å². The molecule has 0 fully saturated rings. The molecule has 2 rings (SSSR count). The highest BCUT2D eigenvalue weighted by Crippen LogP contribution is 2.17. The van der Waals surface area contributed by atoms with Gasteiger partial charge in [-0.2, -0.15) is 16.2 Å². The molecule has 0 aliphatic heterocycles. The third kappa shape index (κ3) is 3.42. The lowest BCUT2D eigenvalue weighted by atomic mass is 10.3. The zero-order valence-corrected chi connectivity index (χ0v) is 10.2. The predicted molar refractivity (Wildman–Crippen MR) is 68.9 cm³/mol. The number of anilines is 2. The van der Waals surface area contributed by atoms with Crippen molar-refractivity contribution in [2.24, 2.45) is 0 Å². The van der Waals surface area contributed by atoms with Crippen molar-refractivity contribution < 1.29 is 4.39 Å². The van der Waals surface area contributed by atoms with Crippen LogP contribution in [-0.4, -0.2) is 16.2 Å². The van der Waals surface area contributed by atoms with Gasteiger partial charge in [0.25, 0.3) is 0 Å². The van der Waals surface area contributed by atoms with Crippen molar-refractivity contribution in [1.82, 2.24) is 9.97 Å². The molecule has 0 atom stereocenters. The van der Waals surface area contributed by atoms with Crippen LogP contribution in [0.25, 0.3) is 0 Å². The molecule has 0 aliphatic carbocycles. The molecule has 17 heavy (non-hydrogen) atoms. The van der Waals surface area contributed by atoms with E-state index >= 15 is 0 Å². The molecule has 3 nitrogen and oxygen atoms in total. The summed E-state index contributed by atoms with van der Waals surface area (Å²) in [7, 11) is 0. The molecule has 2 aromatic rings. The third-order valence-electron chi connectivity index (χ3n) is 2.09. The van der Waals surface area contributed by atoms with Crippen LogP contribution in [0.1, 0.15) is 5.56 Å². The van der Waals surface area contributed by atoms with Crippen LogP contribution in [0.5, 0.6) is 0 Å². The van der Waals surface area contributed by atoms with E-state index in [0.717, 1.165) is 11.3 Å². The summed E-state index contributed by atoms with van der Waals surface area (Å²) in [5.74, 6) is 1.42. The smallest absolute Gasteiger partial charge is 0.215 e. The number of halogens is 1. The van der Waals surface area contributed by atoms with Gasteiger partial charge in [-0.1, -0.05) is 6.07 Å². The third-order valence-corrected chi connectivity index (χ3v) is 2.71. The largest absolute Gasteiger partial charge is 0.325 e. The Bertz CT molecular complexity index is 490. The summed E-state index contributed by atoms with van der Waals surface area (Å²) < 4.78 is 13.3. The summed E-state index contributed by atoms with van der Waals surface area (Å²) >= 11 is 1.64. The monoisotopic (exact) mass is 249 g/mol. The molecule has 0 aliphatic rings. The molecule has 0 amide bonds. The van der Waals surface area contributed by atoms with E-state index in [1.54, 1.807) is 24.0 Å². The molecule has 88 valence electrons. The molecule has 0 spiro atoms. The first-order valence-electron chi connectivity index (χ1n) is 5.11. The fourth-order valence-corrected chi connectivity index (χ4v) is 1.93. The molecular formula is C12H12FN3S. The predicted octanol–water partition coefficient (Wildman–Crippen LogP) is 3.22. The van der Waals surface area contributed by atoms with Crippen molar-refractivity contribution in [3.63, 3.8) is 0 Å². The molecule has 1 N–H and O–H groups in total. The van der Waals surface area contributed by atoms with Gasteiger partial charge in [-0.05, 0) is 36.1 Å². The molecule has 2 heterocycles. The Labute approximate surface area is 103 Å². The van der Waals surface area contributed by atoms with E-state index in [9.17, 15) is 4.39 Å². The van der Waals surface area contributed by atoms with Gasteiger partial charge in [0.1, 0.15) is 11.6 Å². The van der Waals surface area contributed by atoms with Crippen LogP contribution in [0.3, 0.4) is 0 Å². The SMILES string of the molecule is CSCc1cc(F)nc(Nc2ccccn2)c1. The first-order chi connectivity index (χ1) is 8.28. The van der Waals surface area contributed by atoms with Gasteiger partial charge in [0.05, 0.1) is 0 Å². The minimum Gasteiger partial charge on any atom is -0.325 e. The summed E-state index contributed by atoms with van der Waals surface area (Å²) in [5, 5.41) is 2.97. The highest BCUT2D eigenvalue weighted by atomic mass is 32.2. The average molecular weight is 249 g/mol. The zero-order chi connectivity index (χ0) is 12.1. The minimum atomic E-state index is -0.477. The highest BCUT2D eigenvalue weighted by molar-refractivity contribution is 7.97. The number of hydrogen-bond donors (Lipinski definition) is 1. The summed E-state index contributed by atoms with van der Waals surface area (Å²) in [6.07, 6.45) is 3.65. The van der Waals surface area contributed by atoms with Gasteiger partial charge in [0.15, 0.2) is 0 Å². The molecule has 0 unspecified atom stereocenters. The van der Waals surface area contributed by atoms with Gasteiger partial charge in [0, 0.05) is 11.9 Å². The van der Waals surface area contributed by atoms with E-state index in [4.69, 9.17) is 0 Å². The molecule has 0 bridgehead atoms. The van der Waals surface area contributed by atoms with E-state index in [-0.39, 0.29) is 0 Å². The summed E-state index contributed by atoms with van der Waals surface area (Å²) in [6, 6.07) is 8.76. The maximum Gasteiger partial charge on any atom is 0.215 e. The Balaban J connectivity index is 2.21. The Morgan fingerprint density at radius 1 is 1.29 bits per heavy atom. The van der Waals surface area contributed by atoms with E-state index in [1.165, 1.54) is 6.07 Å². The van der Waals surface area contributed by atoms with Crippen molar-refractivity contribution in [2.45, 2.75) is 5.75 Å². The second-order valence-electron chi connectivity index (χ2n) is 3.46. The molecule has 0 aromatic carbocycles. The maximum absolute atomic E-state index is 13.3. The summed E-state index contributed by atoms with van der Waals surface area (Å²) in [5.41, 5.74) is 0.906. The zero-order valence-electron chi connectivity index (χ0n) is 9.35. The molecule has 0 saturated carbocycles. The number of hydrogen-bond acceptors (Lipinski definition) is 4. The lowest BCUT2D eigenvalue weighted by molar-refractivity contribution is 0.584. The van der Waals surface area contributed by atoms with E-state index < -0.39 is 5.95 Å². The maximum atomic E-state index is 13.3. The standard InChI is InChI=1S/C12H12FN3S/c1-17-8-9-6-10(13)15-12(7-9)16-11-4-2-3-5-14-11/h2-7H,8H2,1H3,(H,14,15,16). The fourth-order valence-electron chi connectivity index (χ4n) is 1.43. The number of aromatic nitrogens is 2. The van der Waals surface area contributed by atoms with Crippen LogP contribution in [0.4, 0.5) is 16.0 Å². The molecule has 5 heteroatoms. The van der Waals surface area contributed by atoms with Gasteiger partial charge >= 0.3 is 0 Å². The van der Waals surface area contributed by atoms with Crippen LogP contribution >= 0.6 is 11.8 Å². The van der Waals surface area contributed by atoms with E-state index in [0.29, 0.717) is 11.6 Å². The topological polar surface area (TPSA) is 37.8 Å². The van der Waals surface area contributed by atoms with Gasteiger partial charge < -0.3 is 5.32 Å². The first kappa shape index (κ1) is 11.9. The van der Waals surface area contributed by atoms with E-state index in [2.05, 4.69) is 15.3 Å². The summed E-state index contributed by atoms with van der Waals surface area (Å²) in [4.78, 5) is 7.88.